The van der Waals surface area contributed by atoms with Crippen molar-refractivity contribution in [2.24, 2.45) is 25.9 Å². The zero-order valence-electron chi connectivity index (χ0n) is 38.7. The standard InChI is InChI=1S/C44H64N10O12/c1-29(2)31(25-53(21-13-45-39(61)32(30(3)57)10-18-50(6)28-56)23-15-47-41(63)34-11-19-51(7)43(65)37(34)59)26-54(22-14-46-40(62)33(36(58)27-55)9-17-49(4)5)24-16-48-42(64)35-12-20-52(8)44(66)38(35)60/h9-12,17-20,27-29,31,57-60H,13-16,21-26H2,1-8H3,(H,45,61)(H,46,62)(H,47,63)(H,48,64)/b17-9-,18-10-,32-30-,36-33-. The third-order valence-corrected chi connectivity index (χ3v) is 10.2. The Balaban J connectivity index is 2.40. The average molecular weight is 925 g/mol. The van der Waals surface area contributed by atoms with Gasteiger partial charge in [0.05, 0.1) is 22.3 Å². The number of nitrogens with one attached hydrogen (secondary N) is 4. The molecule has 2 rings (SSSR count). The highest BCUT2D eigenvalue weighted by Gasteiger charge is 2.24. The quantitative estimate of drug-likeness (QED) is 0.0238. The monoisotopic (exact) mass is 924 g/mol. The van der Waals surface area contributed by atoms with E-state index in [0.717, 1.165) is 14.0 Å². The normalized spacial score (nSPS) is 12.8. The van der Waals surface area contributed by atoms with Crippen molar-refractivity contribution >= 4 is 36.3 Å². The van der Waals surface area contributed by atoms with Crippen LogP contribution < -0.4 is 32.4 Å². The zero-order valence-corrected chi connectivity index (χ0v) is 38.7. The number of aliphatic hydroxyl groups is 2. The van der Waals surface area contributed by atoms with Crippen molar-refractivity contribution in [1.82, 2.24) is 50.0 Å². The highest BCUT2D eigenvalue weighted by atomic mass is 16.3. The Morgan fingerprint density at radius 2 is 1.09 bits per heavy atom. The van der Waals surface area contributed by atoms with Gasteiger partial charge in [-0.1, -0.05) is 13.8 Å². The van der Waals surface area contributed by atoms with E-state index in [1.165, 1.54) is 77.1 Å². The maximum atomic E-state index is 13.1. The molecule has 22 nitrogen and oxygen atoms in total. The first-order valence-electron chi connectivity index (χ1n) is 21.0. The second kappa shape index (κ2) is 27.2. The van der Waals surface area contributed by atoms with E-state index in [1.807, 2.05) is 23.6 Å². The number of aromatic hydroxyl groups is 2. The van der Waals surface area contributed by atoms with Crippen LogP contribution in [-0.4, -0.2) is 172 Å². The van der Waals surface area contributed by atoms with E-state index in [9.17, 15) is 58.8 Å². The number of amides is 5. The van der Waals surface area contributed by atoms with Gasteiger partial charge in [-0.05, 0) is 49.2 Å². The van der Waals surface area contributed by atoms with Gasteiger partial charge in [-0.15, -0.1) is 0 Å². The Labute approximate surface area is 383 Å². The number of hydrogen-bond acceptors (Lipinski definition) is 15. The molecule has 0 aliphatic rings. The van der Waals surface area contributed by atoms with E-state index >= 15 is 0 Å². The molecule has 2 aromatic rings. The summed E-state index contributed by atoms with van der Waals surface area (Å²) in [7, 11) is 7.71. The predicted octanol–water partition coefficient (Wildman–Crippen LogP) is -0.716. The van der Waals surface area contributed by atoms with Crippen molar-refractivity contribution in [1.29, 1.82) is 0 Å². The first-order valence-corrected chi connectivity index (χ1v) is 21.0. The van der Waals surface area contributed by atoms with Gasteiger partial charge in [-0.25, -0.2) is 0 Å². The van der Waals surface area contributed by atoms with Crippen molar-refractivity contribution < 1.29 is 49.2 Å². The molecule has 0 aliphatic carbocycles. The molecule has 66 heavy (non-hydrogen) atoms. The fraction of sp³-hybridized carbons (Fsp3) is 0.455. The smallest absolute Gasteiger partial charge is 0.293 e. The Hall–Kier alpha value is -7.20. The third kappa shape index (κ3) is 17.4. The highest BCUT2D eigenvalue weighted by molar-refractivity contribution is 6.00. The summed E-state index contributed by atoms with van der Waals surface area (Å²) in [5.74, 6) is -5.31. The van der Waals surface area contributed by atoms with Crippen LogP contribution in [0, 0.1) is 11.8 Å². The lowest BCUT2D eigenvalue weighted by molar-refractivity contribution is -0.118. The summed E-state index contributed by atoms with van der Waals surface area (Å²) >= 11 is 0. The summed E-state index contributed by atoms with van der Waals surface area (Å²) in [4.78, 5) is 106. The summed E-state index contributed by atoms with van der Waals surface area (Å²) in [5.41, 5.74) is -2.24. The van der Waals surface area contributed by atoms with E-state index in [-0.39, 0.29) is 98.5 Å². The van der Waals surface area contributed by atoms with Crippen molar-refractivity contribution in [3.8, 4) is 11.5 Å². The fourth-order valence-electron chi connectivity index (χ4n) is 6.17. The molecule has 0 aliphatic heterocycles. The Morgan fingerprint density at radius 3 is 1.47 bits per heavy atom. The van der Waals surface area contributed by atoms with E-state index in [4.69, 9.17) is 0 Å². The minimum atomic E-state index is -0.762. The average Bonchev–Trinajstić information content (AvgIpc) is 3.26. The number of rotatable bonds is 27. The van der Waals surface area contributed by atoms with Gasteiger partial charge in [0.1, 0.15) is 5.76 Å². The number of carbonyl (C=O) groups is 6. The number of pyridine rings is 2. The van der Waals surface area contributed by atoms with Crippen LogP contribution in [0.25, 0.3) is 0 Å². The molecule has 0 radical (unpaired) electrons. The lowest BCUT2D eigenvalue weighted by Gasteiger charge is -2.34. The molecule has 0 bridgehead atoms. The first-order chi connectivity index (χ1) is 31.1. The molecule has 8 N–H and O–H groups in total. The van der Waals surface area contributed by atoms with Crippen molar-refractivity contribution in [3.63, 3.8) is 0 Å². The van der Waals surface area contributed by atoms with Gasteiger partial charge in [0.25, 0.3) is 34.7 Å². The molecule has 2 heterocycles. The van der Waals surface area contributed by atoms with E-state index in [2.05, 4.69) is 21.3 Å². The molecule has 0 saturated heterocycles. The van der Waals surface area contributed by atoms with Crippen LogP contribution in [0.5, 0.6) is 11.5 Å². The predicted molar refractivity (Wildman–Crippen MR) is 245 cm³/mol. The van der Waals surface area contributed by atoms with Crippen LogP contribution in [0.3, 0.4) is 0 Å². The van der Waals surface area contributed by atoms with Gasteiger partial charge in [0, 0.05) is 119 Å². The number of nitrogens with zero attached hydrogens (tertiary/aromatic N) is 6. The topological polar surface area (TPSA) is 288 Å². The maximum Gasteiger partial charge on any atom is 0.293 e. The number of aryl methyl sites for hydroxylation is 2. The van der Waals surface area contributed by atoms with Crippen LogP contribution in [0.2, 0.25) is 0 Å². The van der Waals surface area contributed by atoms with Gasteiger partial charge in [-0.2, -0.15) is 0 Å². The van der Waals surface area contributed by atoms with Crippen molar-refractivity contribution in [2.45, 2.75) is 20.8 Å². The molecule has 0 spiro atoms. The van der Waals surface area contributed by atoms with Crippen LogP contribution in [-0.2, 0) is 33.3 Å². The molecule has 0 saturated carbocycles. The molecule has 0 fully saturated rings. The molecule has 1 atom stereocenters. The second-order valence-electron chi connectivity index (χ2n) is 15.9. The van der Waals surface area contributed by atoms with Gasteiger partial charge in [0.15, 0.2) is 23.5 Å². The molecular weight excluding hydrogens is 861 g/mol. The van der Waals surface area contributed by atoms with Gasteiger partial charge in [-0.3, -0.25) is 48.2 Å². The maximum absolute atomic E-state index is 13.1. The zero-order chi connectivity index (χ0) is 49.7. The van der Waals surface area contributed by atoms with Gasteiger partial charge >= 0.3 is 0 Å². The Kier molecular flexibility index (Phi) is 22.6. The van der Waals surface area contributed by atoms with E-state index in [1.54, 1.807) is 19.0 Å². The van der Waals surface area contributed by atoms with Crippen LogP contribution in [0.15, 0.2) is 81.3 Å². The van der Waals surface area contributed by atoms with Crippen LogP contribution in [0.1, 0.15) is 41.5 Å². The lowest BCUT2D eigenvalue weighted by Crippen LogP contribution is -2.47. The van der Waals surface area contributed by atoms with E-state index < -0.39 is 52.0 Å². The number of aromatic nitrogens is 2. The summed E-state index contributed by atoms with van der Waals surface area (Å²) in [6.07, 6.45) is 8.77. The Morgan fingerprint density at radius 1 is 0.682 bits per heavy atom. The number of carbonyl (C=O) groups excluding carboxylic acids is 6. The molecule has 2 aromatic heterocycles. The highest BCUT2D eigenvalue weighted by Crippen LogP contribution is 2.16. The minimum Gasteiger partial charge on any atom is -0.512 e. The molecule has 22 heteroatoms. The van der Waals surface area contributed by atoms with Crippen molar-refractivity contribution in [2.75, 3.05) is 86.6 Å². The summed E-state index contributed by atoms with van der Waals surface area (Å²) in [6.45, 7) is 7.14. The summed E-state index contributed by atoms with van der Waals surface area (Å²) in [6, 6.07) is 2.63. The SMILES string of the molecule is C/C(O)=C(\C=C/N(C)C=O)C(=O)NCCN(CCNC(=O)c1ccn(C)c(=O)c1O)CC(CN(CCNC(=O)C(/C=C\N(C)C)=C(\O)C=O)CCNC(=O)c1ccn(C)c(=O)c1O)C(C)C. The van der Waals surface area contributed by atoms with Crippen molar-refractivity contribution in [3.05, 3.63) is 104 Å². The van der Waals surface area contributed by atoms with Gasteiger partial charge < -0.3 is 60.6 Å². The number of allylic oxidation sites excluding steroid dienone is 2. The first kappa shape index (κ1) is 54.9. The molecule has 5 amide bonds. The largest absolute Gasteiger partial charge is 0.512 e. The van der Waals surface area contributed by atoms with E-state index in [0.29, 0.717) is 19.5 Å². The summed E-state index contributed by atoms with van der Waals surface area (Å²) < 4.78 is 2.25. The number of aldehydes is 1. The number of hydrogen-bond donors (Lipinski definition) is 8. The minimum absolute atomic E-state index is 0.0000850. The summed E-state index contributed by atoms with van der Waals surface area (Å²) in [5, 5.41) is 52.0. The van der Waals surface area contributed by atoms with Gasteiger partial charge in [0.2, 0.25) is 6.41 Å². The molecule has 1 unspecified atom stereocenters. The second-order valence-corrected chi connectivity index (χ2v) is 15.9. The van der Waals surface area contributed by atoms with Crippen LogP contribution in [0.4, 0.5) is 0 Å². The van der Waals surface area contributed by atoms with Crippen LogP contribution >= 0.6 is 0 Å². The molecule has 362 valence electrons. The lowest BCUT2D eigenvalue weighted by atomic mass is 9.94. The molecule has 0 aromatic carbocycles. The number of aliphatic hydroxyl groups excluding tert-OH is 2. The third-order valence-electron chi connectivity index (χ3n) is 10.2. The fourth-order valence-corrected chi connectivity index (χ4v) is 6.17. The molecular formula is C44H64N10O12. The Bertz CT molecular complexity index is 2270.